The summed E-state index contributed by atoms with van der Waals surface area (Å²) in [5, 5.41) is 5.56. The molecule has 2 aliphatic heterocycles. The number of carbonyl (C=O) groups excluding carboxylic acids is 2. The Balaban J connectivity index is 1.43. The van der Waals surface area contributed by atoms with Crippen LogP contribution in [-0.2, 0) is 21.4 Å². The first kappa shape index (κ1) is 37.8. The molecule has 2 N–H and O–H groups in total. The van der Waals surface area contributed by atoms with E-state index in [1.54, 1.807) is 6.07 Å². The molecule has 0 aliphatic carbocycles. The van der Waals surface area contributed by atoms with E-state index in [9.17, 15) is 31.2 Å². The van der Waals surface area contributed by atoms with Gasteiger partial charge in [-0.2, -0.15) is 13.2 Å². The first-order valence-corrected chi connectivity index (χ1v) is 18.0. The number of halogens is 6. The van der Waals surface area contributed by atoms with Gasteiger partial charge < -0.3 is 15.5 Å². The van der Waals surface area contributed by atoms with E-state index < -0.39 is 57.6 Å². The fourth-order valence-electron chi connectivity index (χ4n) is 6.18. The van der Waals surface area contributed by atoms with Crippen LogP contribution in [0.2, 0.25) is 5.02 Å². The van der Waals surface area contributed by atoms with E-state index in [-0.39, 0.29) is 49.4 Å². The number of benzene rings is 2. The highest BCUT2D eigenvalue weighted by Crippen LogP contribution is 2.33. The minimum absolute atomic E-state index is 0.122. The second kappa shape index (κ2) is 15.7. The van der Waals surface area contributed by atoms with Crippen LogP contribution < -0.4 is 15.5 Å². The largest absolute Gasteiger partial charge is 0.390 e. The van der Waals surface area contributed by atoms with E-state index in [0.717, 1.165) is 12.3 Å². The van der Waals surface area contributed by atoms with Crippen LogP contribution >= 0.6 is 11.6 Å². The number of anilines is 2. The highest BCUT2D eigenvalue weighted by molar-refractivity contribution is 7.88. The molecule has 2 heterocycles. The molecule has 266 valence electrons. The van der Waals surface area contributed by atoms with Crippen molar-refractivity contribution in [1.29, 1.82) is 0 Å². The number of hydrogen-bond acceptors (Lipinski definition) is 6. The van der Waals surface area contributed by atoms with Gasteiger partial charge in [0, 0.05) is 68.4 Å². The summed E-state index contributed by atoms with van der Waals surface area (Å²) in [7, 11) is -3.36. The molecule has 9 nitrogen and oxygen atoms in total. The topological polar surface area (TPSA) is 102 Å². The molecule has 0 saturated carbocycles. The number of piperidine rings is 1. The van der Waals surface area contributed by atoms with E-state index in [1.807, 2.05) is 23.6 Å². The second-order valence-electron chi connectivity index (χ2n) is 12.8. The van der Waals surface area contributed by atoms with Gasteiger partial charge in [-0.05, 0) is 49.4 Å². The zero-order chi connectivity index (χ0) is 35.4. The number of piperazine rings is 1. The molecule has 2 fully saturated rings. The van der Waals surface area contributed by atoms with Crippen molar-refractivity contribution in [2.45, 2.75) is 58.3 Å². The Morgan fingerprint density at radius 3 is 2.33 bits per heavy atom. The van der Waals surface area contributed by atoms with Crippen molar-refractivity contribution in [3.05, 3.63) is 58.1 Å². The molecule has 0 aromatic heterocycles. The Bertz CT molecular complexity index is 1590. The second-order valence-corrected chi connectivity index (χ2v) is 15.2. The summed E-state index contributed by atoms with van der Waals surface area (Å²) in [4.78, 5) is 29.6. The summed E-state index contributed by atoms with van der Waals surface area (Å²) in [6.45, 7) is 5.00. The minimum Gasteiger partial charge on any atom is -0.367 e. The zero-order valence-corrected chi connectivity index (χ0v) is 28.6. The van der Waals surface area contributed by atoms with Crippen molar-refractivity contribution < 1.29 is 40.0 Å². The van der Waals surface area contributed by atoms with Crippen molar-refractivity contribution in [2.24, 2.45) is 11.8 Å². The Morgan fingerprint density at radius 2 is 1.71 bits per heavy atom. The van der Waals surface area contributed by atoms with Gasteiger partial charge in [-0.3, -0.25) is 14.5 Å². The number of alkyl halides is 3. The van der Waals surface area contributed by atoms with Crippen molar-refractivity contribution in [3.8, 4) is 0 Å². The quantitative estimate of drug-likeness (QED) is 0.291. The maximum atomic E-state index is 15.2. The lowest BCUT2D eigenvalue weighted by Gasteiger charge is -2.43. The lowest BCUT2D eigenvalue weighted by atomic mass is 9.97. The standard InChI is InChI=1S/C32H41ClF5N5O4S/c1-20(2)16-24-19-42(15-14-41(24)13-10-32(36,37)38)27-17-23(33)5-7-26(27)40-31(45)25-6-4-22(28(34)29(25)35)18-39-30(44)21-8-11-43(12-9-21)48(3,46)47/h4-7,17,20-21,24H,8-16,18-19H2,1-3H3,(H,39,44)(H,40,45)/t24-/m0/s1. The summed E-state index contributed by atoms with van der Waals surface area (Å²) >= 11 is 6.29. The Morgan fingerprint density at radius 1 is 1.02 bits per heavy atom. The fourth-order valence-corrected chi connectivity index (χ4v) is 7.22. The minimum atomic E-state index is -4.27. The van der Waals surface area contributed by atoms with Crippen LogP contribution in [0.3, 0.4) is 0 Å². The van der Waals surface area contributed by atoms with Crippen molar-refractivity contribution in [3.63, 3.8) is 0 Å². The molecule has 2 saturated heterocycles. The van der Waals surface area contributed by atoms with Gasteiger partial charge in [-0.25, -0.2) is 21.5 Å². The van der Waals surface area contributed by atoms with Crippen LogP contribution in [-0.4, -0.2) is 87.2 Å². The van der Waals surface area contributed by atoms with E-state index in [0.29, 0.717) is 49.6 Å². The molecule has 0 bridgehead atoms. The summed E-state index contributed by atoms with van der Waals surface area (Å²) in [5.41, 5.74) is 0.0428. The van der Waals surface area contributed by atoms with Crippen molar-refractivity contribution in [2.75, 3.05) is 55.7 Å². The molecule has 0 spiro atoms. The molecule has 48 heavy (non-hydrogen) atoms. The number of rotatable bonds is 11. The molecular weight excluding hydrogens is 681 g/mol. The molecule has 2 amide bonds. The number of amides is 2. The molecule has 2 aliphatic rings. The number of hydrogen-bond donors (Lipinski definition) is 2. The Hall–Kier alpha value is -3.01. The van der Waals surface area contributed by atoms with Crippen LogP contribution in [0.5, 0.6) is 0 Å². The fraction of sp³-hybridized carbons (Fsp3) is 0.562. The third kappa shape index (κ3) is 10.0. The zero-order valence-electron chi connectivity index (χ0n) is 27.0. The highest BCUT2D eigenvalue weighted by atomic mass is 35.5. The summed E-state index contributed by atoms with van der Waals surface area (Å²) < 4.78 is 94.0. The maximum Gasteiger partial charge on any atom is 0.390 e. The summed E-state index contributed by atoms with van der Waals surface area (Å²) in [6.07, 6.45) is -2.84. The molecule has 0 radical (unpaired) electrons. The molecule has 2 aromatic carbocycles. The molecule has 1 atom stereocenters. The molecule has 2 aromatic rings. The lowest BCUT2D eigenvalue weighted by Crippen LogP contribution is -2.54. The van der Waals surface area contributed by atoms with Crippen LogP contribution in [0.25, 0.3) is 0 Å². The van der Waals surface area contributed by atoms with Gasteiger partial charge in [0.1, 0.15) is 0 Å². The van der Waals surface area contributed by atoms with Crippen molar-refractivity contribution >= 4 is 44.8 Å². The monoisotopic (exact) mass is 721 g/mol. The molecule has 4 rings (SSSR count). The number of nitrogens with zero attached hydrogens (tertiary/aromatic N) is 3. The van der Waals surface area contributed by atoms with Gasteiger partial charge in [0.2, 0.25) is 15.9 Å². The summed E-state index contributed by atoms with van der Waals surface area (Å²) in [6, 6.07) is 6.81. The van der Waals surface area contributed by atoms with E-state index in [2.05, 4.69) is 10.6 Å². The number of nitrogens with one attached hydrogen (secondary N) is 2. The smallest absolute Gasteiger partial charge is 0.367 e. The van der Waals surface area contributed by atoms with Gasteiger partial charge in [0.15, 0.2) is 11.6 Å². The Labute approximate surface area is 282 Å². The molecule has 16 heteroatoms. The van der Waals surface area contributed by atoms with Gasteiger partial charge in [-0.1, -0.05) is 31.5 Å². The van der Waals surface area contributed by atoms with Crippen LogP contribution in [0.1, 0.15) is 55.5 Å². The number of sulfonamides is 1. The third-order valence-electron chi connectivity index (χ3n) is 8.73. The van der Waals surface area contributed by atoms with E-state index >= 15 is 8.78 Å². The van der Waals surface area contributed by atoms with Crippen molar-refractivity contribution in [1.82, 2.24) is 14.5 Å². The predicted molar refractivity (Wildman–Crippen MR) is 174 cm³/mol. The normalized spacial score (nSPS) is 18.7. The van der Waals surface area contributed by atoms with Gasteiger partial charge in [0.05, 0.1) is 29.6 Å². The molecular formula is C32H41ClF5N5O4S. The third-order valence-corrected chi connectivity index (χ3v) is 10.3. The summed E-state index contributed by atoms with van der Waals surface area (Å²) in [5.74, 6) is -4.28. The van der Waals surface area contributed by atoms with Crippen LogP contribution in [0.4, 0.5) is 33.3 Å². The average Bonchev–Trinajstić information content (AvgIpc) is 3.00. The SMILES string of the molecule is CC(C)C[C@H]1CN(c2cc(Cl)ccc2NC(=O)c2ccc(CNC(=O)C3CCN(S(C)(=O)=O)CC3)c(F)c2F)CCN1CCC(F)(F)F. The van der Waals surface area contributed by atoms with Gasteiger partial charge >= 0.3 is 6.18 Å². The maximum absolute atomic E-state index is 15.2. The first-order valence-electron chi connectivity index (χ1n) is 15.8. The lowest BCUT2D eigenvalue weighted by molar-refractivity contribution is -0.139. The van der Waals surface area contributed by atoms with Crippen LogP contribution in [0.15, 0.2) is 30.3 Å². The Kier molecular flexibility index (Phi) is 12.4. The van der Waals surface area contributed by atoms with E-state index in [1.165, 1.54) is 22.5 Å². The highest BCUT2D eigenvalue weighted by Gasteiger charge is 2.34. The van der Waals surface area contributed by atoms with Gasteiger partial charge in [-0.15, -0.1) is 0 Å². The number of carbonyl (C=O) groups is 2. The van der Waals surface area contributed by atoms with E-state index in [4.69, 9.17) is 11.6 Å². The van der Waals surface area contributed by atoms with Crippen LogP contribution in [0, 0.1) is 23.5 Å². The molecule has 0 unspecified atom stereocenters. The van der Waals surface area contributed by atoms with Gasteiger partial charge in [0.25, 0.3) is 5.91 Å². The average molecular weight is 722 g/mol. The predicted octanol–water partition coefficient (Wildman–Crippen LogP) is 5.65. The first-order chi connectivity index (χ1) is 22.4.